The van der Waals surface area contributed by atoms with Crippen molar-refractivity contribution in [1.82, 2.24) is 10.3 Å². The molecule has 0 spiro atoms. The van der Waals surface area contributed by atoms with Crippen molar-refractivity contribution >= 4 is 17.2 Å². The summed E-state index contributed by atoms with van der Waals surface area (Å²) in [6, 6.07) is 8.08. The number of hydrogen-bond acceptors (Lipinski definition) is 4. The van der Waals surface area contributed by atoms with Gasteiger partial charge >= 0.3 is 0 Å². The largest absolute Gasteiger partial charge is 0.390 e. The Morgan fingerprint density at radius 3 is 2.52 bits per heavy atom. The Labute approximate surface area is 128 Å². The van der Waals surface area contributed by atoms with Crippen molar-refractivity contribution in [1.29, 1.82) is 0 Å². The molecular formula is C16H20N2O2S. The van der Waals surface area contributed by atoms with Gasteiger partial charge in [0.05, 0.1) is 28.1 Å². The van der Waals surface area contributed by atoms with Crippen LogP contribution in [0.4, 0.5) is 0 Å². The Bertz CT molecular complexity index is 612. The van der Waals surface area contributed by atoms with Crippen molar-refractivity contribution in [2.45, 2.75) is 39.3 Å². The molecule has 0 fully saturated rings. The van der Waals surface area contributed by atoms with Crippen LogP contribution in [-0.2, 0) is 11.3 Å². The summed E-state index contributed by atoms with van der Waals surface area (Å²) in [5, 5.41) is 12.4. The van der Waals surface area contributed by atoms with Crippen LogP contribution in [0.2, 0.25) is 0 Å². The fourth-order valence-corrected chi connectivity index (χ4v) is 2.82. The molecule has 0 radical (unpaired) electrons. The second-order valence-electron chi connectivity index (χ2n) is 5.73. The van der Waals surface area contributed by atoms with Crippen LogP contribution in [-0.4, -0.2) is 21.6 Å². The highest BCUT2D eigenvalue weighted by atomic mass is 32.1. The zero-order valence-corrected chi connectivity index (χ0v) is 13.3. The van der Waals surface area contributed by atoms with E-state index in [1.807, 2.05) is 36.7 Å². The molecule has 5 heteroatoms. The molecule has 0 aliphatic carbocycles. The van der Waals surface area contributed by atoms with Gasteiger partial charge in [-0.3, -0.25) is 4.79 Å². The van der Waals surface area contributed by atoms with E-state index >= 15 is 0 Å². The number of rotatable bonds is 5. The average molecular weight is 304 g/mol. The Balaban J connectivity index is 1.94. The van der Waals surface area contributed by atoms with Crippen LogP contribution in [0.5, 0.6) is 0 Å². The molecule has 0 saturated carbocycles. The van der Waals surface area contributed by atoms with E-state index in [2.05, 4.69) is 10.3 Å². The minimum atomic E-state index is -0.975. The van der Waals surface area contributed by atoms with Gasteiger partial charge in [0.15, 0.2) is 0 Å². The highest BCUT2D eigenvalue weighted by molar-refractivity contribution is 7.13. The number of hydrogen-bond donors (Lipinski definition) is 2. The zero-order valence-electron chi connectivity index (χ0n) is 12.5. The standard InChI is InChI=1S/C16H20N2O2S/c1-11-15(21-10-18-11)13-6-4-12(5-7-13)9-17-14(19)8-16(2,3)20/h4-7,10,20H,8-9H2,1-3H3,(H,17,19). The van der Waals surface area contributed by atoms with Crippen molar-refractivity contribution in [2.24, 2.45) is 0 Å². The molecule has 0 aliphatic rings. The molecule has 0 atom stereocenters. The number of aryl methyl sites for hydroxylation is 1. The maximum absolute atomic E-state index is 11.7. The highest BCUT2D eigenvalue weighted by Gasteiger charge is 2.17. The van der Waals surface area contributed by atoms with Gasteiger partial charge in [0, 0.05) is 6.54 Å². The Morgan fingerprint density at radius 1 is 1.33 bits per heavy atom. The lowest BCUT2D eigenvalue weighted by molar-refractivity contribution is -0.125. The zero-order chi connectivity index (χ0) is 15.5. The van der Waals surface area contributed by atoms with E-state index in [-0.39, 0.29) is 12.3 Å². The van der Waals surface area contributed by atoms with E-state index in [4.69, 9.17) is 0 Å². The summed E-state index contributed by atoms with van der Waals surface area (Å²) in [6.07, 6.45) is 0.102. The van der Waals surface area contributed by atoms with Crippen molar-refractivity contribution < 1.29 is 9.90 Å². The normalized spacial score (nSPS) is 11.4. The van der Waals surface area contributed by atoms with Gasteiger partial charge < -0.3 is 10.4 Å². The first-order chi connectivity index (χ1) is 9.85. The number of aromatic nitrogens is 1. The predicted molar refractivity (Wildman–Crippen MR) is 85.0 cm³/mol. The highest BCUT2D eigenvalue weighted by Crippen LogP contribution is 2.27. The third kappa shape index (κ3) is 4.65. The summed E-state index contributed by atoms with van der Waals surface area (Å²) < 4.78 is 0. The maximum atomic E-state index is 11.7. The first kappa shape index (κ1) is 15.7. The summed E-state index contributed by atoms with van der Waals surface area (Å²) in [4.78, 5) is 17.1. The molecule has 0 aliphatic heterocycles. The van der Waals surface area contributed by atoms with Gasteiger partial charge in [0.2, 0.25) is 5.91 Å². The molecule has 1 amide bonds. The lowest BCUT2D eigenvalue weighted by atomic mass is 10.1. The van der Waals surface area contributed by atoms with Gasteiger partial charge in [-0.2, -0.15) is 0 Å². The van der Waals surface area contributed by atoms with Gasteiger partial charge in [0.25, 0.3) is 0 Å². The van der Waals surface area contributed by atoms with E-state index in [1.54, 1.807) is 25.2 Å². The number of amides is 1. The molecule has 2 aromatic rings. The fraction of sp³-hybridized carbons (Fsp3) is 0.375. The van der Waals surface area contributed by atoms with Crippen LogP contribution in [0.25, 0.3) is 10.4 Å². The third-order valence-electron chi connectivity index (χ3n) is 3.04. The van der Waals surface area contributed by atoms with E-state index in [0.29, 0.717) is 6.54 Å². The summed E-state index contributed by atoms with van der Waals surface area (Å²) in [5.74, 6) is -0.148. The summed E-state index contributed by atoms with van der Waals surface area (Å²) >= 11 is 1.62. The first-order valence-corrected chi connectivity index (χ1v) is 7.71. The van der Waals surface area contributed by atoms with Crippen molar-refractivity contribution in [3.63, 3.8) is 0 Å². The second kappa shape index (κ2) is 6.37. The van der Waals surface area contributed by atoms with E-state index in [1.165, 1.54) is 4.88 Å². The number of carbonyl (C=O) groups excluding carboxylic acids is 1. The number of nitrogens with zero attached hydrogens (tertiary/aromatic N) is 1. The molecular weight excluding hydrogens is 284 g/mol. The SMILES string of the molecule is Cc1ncsc1-c1ccc(CNC(=O)CC(C)(C)O)cc1. The first-order valence-electron chi connectivity index (χ1n) is 6.83. The third-order valence-corrected chi connectivity index (χ3v) is 4.02. The monoisotopic (exact) mass is 304 g/mol. The number of benzene rings is 1. The molecule has 2 rings (SSSR count). The molecule has 0 saturated heterocycles. The van der Waals surface area contributed by atoms with E-state index < -0.39 is 5.60 Å². The minimum absolute atomic E-state index is 0.102. The number of aliphatic hydroxyl groups is 1. The van der Waals surface area contributed by atoms with Crippen molar-refractivity contribution in [3.05, 3.63) is 41.0 Å². The van der Waals surface area contributed by atoms with Gasteiger partial charge in [0.1, 0.15) is 0 Å². The summed E-state index contributed by atoms with van der Waals surface area (Å²) in [7, 11) is 0. The molecule has 2 N–H and O–H groups in total. The Kier molecular flexibility index (Phi) is 4.75. The van der Waals surface area contributed by atoms with Crippen LogP contribution in [0.15, 0.2) is 29.8 Å². The summed E-state index contributed by atoms with van der Waals surface area (Å²) in [5.41, 5.74) is 4.07. The number of thiazole rings is 1. The molecule has 0 bridgehead atoms. The molecule has 4 nitrogen and oxygen atoms in total. The van der Waals surface area contributed by atoms with E-state index in [0.717, 1.165) is 16.8 Å². The molecule has 1 heterocycles. The molecule has 1 aromatic heterocycles. The van der Waals surface area contributed by atoms with Crippen LogP contribution in [0, 0.1) is 6.92 Å². The van der Waals surface area contributed by atoms with Gasteiger partial charge in [-0.1, -0.05) is 24.3 Å². The van der Waals surface area contributed by atoms with Crippen molar-refractivity contribution in [3.8, 4) is 10.4 Å². The predicted octanol–water partition coefficient (Wildman–Crippen LogP) is 2.90. The van der Waals surface area contributed by atoms with Crippen LogP contribution in [0.1, 0.15) is 31.5 Å². The Hall–Kier alpha value is -1.72. The van der Waals surface area contributed by atoms with Crippen LogP contribution >= 0.6 is 11.3 Å². The molecule has 1 aromatic carbocycles. The second-order valence-corrected chi connectivity index (χ2v) is 6.58. The quantitative estimate of drug-likeness (QED) is 0.893. The number of carbonyl (C=O) groups is 1. The van der Waals surface area contributed by atoms with Gasteiger partial charge in [-0.25, -0.2) is 4.98 Å². The van der Waals surface area contributed by atoms with E-state index in [9.17, 15) is 9.90 Å². The summed E-state index contributed by atoms with van der Waals surface area (Å²) in [6.45, 7) is 5.71. The smallest absolute Gasteiger partial charge is 0.223 e. The number of nitrogens with one attached hydrogen (secondary N) is 1. The lowest BCUT2D eigenvalue weighted by Gasteiger charge is -2.16. The van der Waals surface area contributed by atoms with Crippen LogP contribution < -0.4 is 5.32 Å². The van der Waals surface area contributed by atoms with Crippen LogP contribution in [0.3, 0.4) is 0 Å². The lowest BCUT2D eigenvalue weighted by Crippen LogP contribution is -2.31. The van der Waals surface area contributed by atoms with Gasteiger partial charge in [-0.15, -0.1) is 11.3 Å². The fourth-order valence-electron chi connectivity index (χ4n) is 2.01. The molecule has 112 valence electrons. The van der Waals surface area contributed by atoms with Gasteiger partial charge in [-0.05, 0) is 31.9 Å². The Morgan fingerprint density at radius 2 is 2.00 bits per heavy atom. The molecule has 0 unspecified atom stereocenters. The topological polar surface area (TPSA) is 62.2 Å². The maximum Gasteiger partial charge on any atom is 0.223 e. The molecule has 21 heavy (non-hydrogen) atoms. The van der Waals surface area contributed by atoms with Crippen molar-refractivity contribution in [2.75, 3.05) is 0 Å². The average Bonchev–Trinajstić information content (AvgIpc) is 2.81. The minimum Gasteiger partial charge on any atom is -0.390 e.